The van der Waals surface area contributed by atoms with Crippen LogP contribution in [0.3, 0.4) is 0 Å². The van der Waals surface area contributed by atoms with Gasteiger partial charge in [-0.25, -0.2) is 9.91 Å². The van der Waals surface area contributed by atoms with Crippen molar-refractivity contribution in [3.63, 3.8) is 0 Å². The molecule has 1 atom stereocenters. The summed E-state index contributed by atoms with van der Waals surface area (Å²) in [6.07, 6.45) is 3.80. The first kappa shape index (κ1) is 13.4. The lowest BCUT2D eigenvalue weighted by molar-refractivity contribution is -0.332. The lowest BCUT2D eigenvalue weighted by atomic mass is 10.4. The summed E-state index contributed by atoms with van der Waals surface area (Å²) < 4.78 is 6.37. The fourth-order valence-corrected chi connectivity index (χ4v) is 3.93. The minimum atomic E-state index is -0.412. The molecule has 0 aliphatic carbocycles. The molecule has 0 amide bonds. The predicted octanol–water partition coefficient (Wildman–Crippen LogP) is -0.986. The second kappa shape index (κ2) is 5.49. The van der Waals surface area contributed by atoms with Gasteiger partial charge in [0, 0.05) is 45.8 Å². The number of hydrazine groups is 2. The minimum Gasteiger partial charge on any atom is -0.331 e. The van der Waals surface area contributed by atoms with Crippen molar-refractivity contribution in [3.05, 3.63) is 0 Å². The molecule has 0 radical (unpaired) electrons. The summed E-state index contributed by atoms with van der Waals surface area (Å²) >= 11 is 0. The maximum atomic E-state index is 6.37. The van der Waals surface area contributed by atoms with Crippen LogP contribution in [0.5, 0.6) is 0 Å². The highest BCUT2D eigenvalue weighted by Gasteiger charge is 2.56. The van der Waals surface area contributed by atoms with Crippen LogP contribution in [-0.4, -0.2) is 85.0 Å². The van der Waals surface area contributed by atoms with E-state index < -0.39 is 5.97 Å². The summed E-state index contributed by atoms with van der Waals surface area (Å²) in [6, 6.07) is 0. The third-order valence-electron chi connectivity index (χ3n) is 4.84. The van der Waals surface area contributed by atoms with Crippen LogP contribution in [0.25, 0.3) is 0 Å². The molecule has 0 spiro atoms. The SMILES string of the molecule is C1CCN(N2CCOC2(N2CCNC2)N2CCCN2)C1. The van der Waals surface area contributed by atoms with E-state index in [1.807, 2.05) is 0 Å². The number of ether oxygens (including phenoxy) is 1. The topological polar surface area (TPSA) is 46.3 Å². The zero-order valence-corrected chi connectivity index (χ0v) is 12.2. The Morgan fingerprint density at radius 3 is 2.50 bits per heavy atom. The van der Waals surface area contributed by atoms with Gasteiger partial charge in [0.1, 0.15) is 0 Å². The first-order valence-electron chi connectivity index (χ1n) is 8.05. The van der Waals surface area contributed by atoms with Crippen molar-refractivity contribution >= 4 is 0 Å². The molecule has 4 aliphatic heterocycles. The van der Waals surface area contributed by atoms with Crippen LogP contribution in [0.2, 0.25) is 0 Å². The van der Waals surface area contributed by atoms with E-state index in [1.54, 1.807) is 0 Å². The molecule has 4 heterocycles. The molecule has 0 saturated carbocycles. The van der Waals surface area contributed by atoms with E-state index in [2.05, 4.69) is 30.7 Å². The first-order valence-corrected chi connectivity index (χ1v) is 8.05. The Hall–Kier alpha value is -0.280. The normalized spacial score (nSPS) is 38.4. The lowest BCUT2D eigenvalue weighted by Gasteiger charge is -2.50. The van der Waals surface area contributed by atoms with E-state index in [0.29, 0.717) is 0 Å². The highest BCUT2D eigenvalue weighted by atomic mass is 16.6. The number of hydrogen-bond acceptors (Lipinski definition) is 7. The van der Waals surface area contributed by atoms with Crippen molar-refractivity contribution in [2.24, 2.45) is 0 Å². The van der Waals surface area contributed by atoms with Gasteiger partial charge in [0.15, 0.2) is 0 Å². The number of hydrogen-bond donors (Lipinski definition) is 2. The molecule has 4 fully saturated rings. The quantitative estimate of drug-likeness (QED) is 0.689. The Balaban J connectivity index is 1.64. The molecule has 0 aromatic carbocycles. The Kier molecular flexibility index (Phi) is 3.68. The first-order chi connectivity index (χ1) is 9.91. The zero-order valence-electron chi connectivity index (χ0n) is 12.2. The van der Waals surface area contributed by atoms with Crippen LogP contribution in [-0.2, 0) is 4.74 Å². The highest BCUT2D eigenvalue weighted by Crippen LogP contribution is 2.34. The van der Waals surface area contributed by atoms with Crippen LogP contribution in [0, 0.1) is 0 Å². The van der Waals surface area contributed by atoms with Crippen molar-refractivity contribution < 1.29 is 4.74 Å². The Labute approximate surface area is 120 Å². The van der Waals surface area contributed by atoms with E-state index in [1.165, 1.54) is 32.4 Å². The molecule has 20 heavy (non-hydrogen) atoms. The van der Waals surface area contributed by atoms with Crippen LogP contribution in [0.4, 0.5) is 0 Å². The number of rotatable bonds is 3. The average molecular weight is 282 g/mol. The van der Waals surface area contributed by atoms with Crippen molar-refractivity contribution in [3.8, 4) is 0 Å². The molecule has 2 N–H and O–H groups in total. The van der Waals surface area contributed by atoms with Gasteiger partial charge in [-0.3, -0.25) is 5.43 Å². The largest absolute Gasteiger partial charge is 0.331 e. The summed E-state index contributed by atoms with van der Waals surface area (Å²) in [7, 11) is 0. The lowest BCUT2D eigenvalue weighted by Crippen LogP contribution is -2.72. The Morgan fingerprint density at radius 2 is 1.80 bits per heavy atom. The molecule has 7 nitrogen and oxygen atoms in total. The number of nitrogens with zero attached hydrogens (tertiary/aromatic N) is 4. The fraction of sp³-hybridized carbons (Fsp3) is 1.00. The van der Waals surface area contributed by atoms with Crippen molar-refractivity contribution in [1.29, 1.82) is 0 Å². The van der Waals surface area contributed by atoms with E-state index in [-0.39, 0.29) is 0 Å². The summed E-state index contributed by atoms with van der Waals surface area (Å²) in [5.41, 5.74) is 3.54. The third-order valence-corrected chi connectivity index (χ3v) is 4.84. The van der Waals surface area contributed by atoms with Gasteiger partial charge < -0.3 is 10.1 Å². The van der Waals surface area contributed by atoms with Gasteiger partial charge in [0.05, 0.1) is 13.3 Å². The maximum absolute atomic E-state index is 6.37. The molecule has 4 rings (SSSR count). The van der Waals surface area contributed by atoms with Crippen LogP contribution in [0.15, 0.2) is 0 Å². The second-order valence-corrected chi connectivity index (χ2v) is 6.04. The van der Waals surface area contributed by atoms with Crippen LogP contribution in [0.1, 0.15) is 19.3 Å². The minimum absolute atomic E-state index is 0.412. The molecule has 4 saturated heterocycles. The summed E-state index contributed by atoms with van der Waals surface area (Å²) in [6.45, 7) is 9.25. The van der Waals surface area contributed by atoms with E-state index in [0.717, 1.165) is 46.0 Å². The number of nitrogens with one attached hydrogen (secondary N) is 2. The summed E-state index contributed by atoms with van der Waals surface area (Å²) in [5, 5.41) is 10.8. The summed E-state index contributed by atoms with van der Waals surface area (Å²) in [5.74, 6) is -0.412. The molecule has 0 aromatic rings. The maximum Gasteiger partial charge on any atom is 0.270 e. The van der Waals surface area contributed by atoms with Gasteiger partial charge in [-0.1, -0.05) is 0 Å². The molecule has 114 valence electrons. The van der Waals surface area contributed by atoms with Gasteiger partial charge in [-0.2, -0.15) is 10.0 Å². The van der Waals surface area contributed by atoms with E-state index in [9.17, 15) is 0 Å². The van der Waals surface area contributed by atoms with Crippen molar-refractivity contribution in [2.45, 2.75) is 25.2 Å². The zero-order chi connectivity index (χ0) is 13.4. The second-order valence-electron chi connectivity index (χ2n) is 6.04. The molecule has 0 aromatic heterocycles. The predicted molar refractivity (Wildman–Crippen MR) is 75.1 cm³/mol. The van der Waals surface area contributed by atoms with Crippen molar-refractivity contribution in [2.75, 3.05) is 59.1 Å². The molecule has 1 unspecified atom stereocenters. The molecular formula is C13H26N6O. The van der Waals surface area contributed by atoms with Gasteiger partial charge in [-0.15, -0.1) is 0 Å². The Morgan fingerprint density at radius 1 is 0.900 bits per heavy atom. The van der Waals surface area contributed by atoms with Crippen LogP contribution >= 0.6 is 0 Å². The monoisotopic (exact) mass is 282 g/mol. The van der Waals surface area contributed by atoms with E-state index >= 15 is 0 Å². The third kappa shape index (κ3) is 2.00. The molecular weight excluding hydrogens is 256 g/mol. The van der Waals surface area contributed by atoms with Crippen molar-refractivity contribution in [1.82, 2.24) is 30.7 Å². The smallest absolute Gasteiger partial charge is 0.270 e. The van der Waals surface area contributed by atoms with Gasteiger partial charge in [0.25, 0.3) is 5.97 Å². The molecule has 4 aliphatic rings. The molecule has 7 heteroatoms. The highest BCUT2D eigenvalue weighted by molar-refractivity contribution is 4.89. The van der Waals surface area contributed by atoms with Crippen LogP contribution < -0.4 is 10.7 Å². The van der Waals surface area contributed by atoms with Gasteiger partial charge in [0.2, 0.25) is 0 Å². The van der Waals surface area contributed by atoms with Gasteiger partial charge >= 0.3 is 0 Å². The average Bonchev–Trinajstić information content (AvgIpc) is 3.23. The van der Waals surface area contributed by atoms with Gasteiger partial charge in [-0.05, 0) is 19.3 Å². The molecule has 0 bridgehead atoms. The van der Waals surface area contributed by atoms with E-state index in [4.69, 9.17) is 4.74 Å². The Bertz CT molecular complexity index is 320. The fourth-order valence-electron chi connectivity index (χ4n) is 3.93. The standard InChI is InChI=1S/C13H26N6O/c1-2-7-17(6-1)19-10-11-20-13(19,16-9-5-14-12-16)18-8-3-4-15-18/h14-15H,1-12H2. The summed E-state index contributed by atoms with van der Waals surface area (Å²) in [4.78, 5) is 2.44.